The fourth-order valence-corrected chi connectivity index (χ4v) is 3.12. The van der Waals surface area contributed by atoms with E-state index in [1.807, 2.05) is 4.90 Å². The summed E-state index contributed by atoms with van der Waals surface area (Å²) >= 11 is 0. The summed E-state index contributed by atoms with van der Waals surface area (Å²) in [6.45, 7) is 8.47. The summed E-state index contributed by atoms with van der Waals surface area (Å²) in [7, 11) is 2.17. The van der Waals surface area contributed by atoms with Crippen molar-refractivity contribution in [2.45, 2.75) is 58.3 Å². The summed E-state index contributed by atoms with van der Waals surface area (Å²) in [5.41, 5.74) is 0. The van der Waals surface area contributed by atoms with Gasteiger partial charge in [-0.1, -0.05) is 20.3 Å². The monoisotopic (exact) mass is 253 g/mol. The van der Waals surface area contributed by atoms with Crippen molar-refractivity contribution in [3.63, 3.8) is 0 Å². The van der Waals surface area contributed by atoms with Gasteiger partial charge in [0.25, 0.3) is 0 Å². The predicted octanol–water partition coefficient (Wildman–Crippen LogP) is 1.27. The van der Waals surface area contributed by atoms with Gasteiger partial charge in [-0.15, -0.1) is 0 Å². The highest BCUT2D eigenvalue weighted by molar-refractivity contribution is 5.84. The molecule has 18 heavy (non-hydrogen) atoms. The lowest BCUT2D eigenvalue weighted by atomic mass is 9.99. The van der Waals surface area contributed by atoms with Crippen LogP contribution in [0, 0.1) is 5.92 Å². The Bertz CT molecular complexity index is 307. The Morgan fingerprint density at radius 2 is 2.22 bits per heavy atom. The molecule has 0 bridgehead atoms. The standard InChI is InChI=1S/C14H27N3O/c1-5-10(2)13-14(18)17(11(3)15-13)9-12-7-6-8-16(12)4/h10-13,15H,5-9H2,1-4H3. The molecule has 4 heteroatoms. The van der Waals surface area contributed by atoms with Crippen molar-refractivity contribution in [1.82, 2.24) is 15.1 Å². The Kier molecular flexibility index (Phi) is 4.28. The third kappa shape index (κ3) is 2.54. The first-order valence-electron chi connectivity index (χ1n) is 7.31. The largest absolute Gasteiger partial charge is 0.325 e. The van der Waals surface area contributed by atoms with Crippen LogP contribution in [0.5, 0.6) is 0 Å². The zero-order valence-corrected chi connectivity index (χ0v) is 12.1. The summed E-state index contributed by atoms with van der Waals surface area (Å²) in [5.74, 6) is 0.725. The maximum atomic E-state index is 12.5. The molecule has 2 heterocycles. The molecule has 104 valence electrons. The van der Waals surface area contributed by atoms with Crippen molar-refractivity contribution in [1.29, 1.82) is 0 Å². The fraction of sp³-hybridized carbons (Fsp3) is 0.929. The number of carbonyl (C=O) groups is 1. The topological polar surface area (TPSA) is 35.6 Å². The number of carbonyl (C=O) groups excluding carboxylic acids is 1. The first kappa shape index (κ1) is 13.8. The third-order valence-electron chi connectivity index (χ3n) is 4.73. The van der Waals surface area contributed by atoms with E-state index >= 15 is 0 Å². The molecule has 0 aromatic carbocycles. The Hall–Kier alpha value is -0.610. The van der Waals surface area contributed by atoms with E-state index in [2.05, 4.69) is 38.0 Å². The lowest BCUT2D eigenvalue weighted by Crippen LogP contribution is -2.43. The number of rotatable bonds is 4. The Morgan fingerprint density at radius 3 is 2.78 bits per heavy atom. The van der Waals surface area contributed by atoms with Crippen LogP contribution < -0.4 is 5.32 Å². The molecule has 4 nitrogen and oxygen atoms in total. The van der Waals surface area contributed by atoms with Crippen molar-refractivity contribution in [3.8, 4) is 0 Å². The van der Waals surface area contributed by atoms with Crippen LogP contribution in [0.1, 0.15) is 40.0 Å². The summed E-state index contributed by atoms with van der Waals surface area (Å²) < 4.78 is 0. The second-order valence-corrected chi connectivity index (χ2v) is 5.97. The minimum absolute atomic E-state index is 0.0247. The summed E-state index contributed by atoms with van der Waals surface area (Å²) in [5, 5.41) is 3.45. The number of nitrogens with one attached hydrogen (secondary N) is 1. The second-order valence-electron chi connectivity index (χ2n) is 5.97. The van der Waals surface area contributed by atoms with E-state index in [1.54, 1.807) is 0 Å². The molecule has 4 atom stereocenters. The molecule has 1 amide bonds. The van der Waals surface area contributed by atoms with Crippen molar-refractivity contribution in [2.75, 3.05) is 20.1 Å². The highest BCUT2D eigenvalue weighted by Crippen LogP contribution is 2.22. The van der Waals surface area contributed by atoms with Crippen molar-refractivity contribution in [3.05, 3.63) is 0 Å². The first-order valence-corrected chi connectivity index (χ1v) is 7.31. The van der Waals surface area contributed by atoms with Gasteiger partial charge in [-0.2, -0.15) is 0 Å². The molecule has 2 aliphatic rings. The van der Waals surface area contributed by atoms with Crippen molar-refractivity contribution < 1.29 is 4.79 Å². The van der Waals surface area contributed by atoms with Crippen LogP contribution in [0.4, 0.5) is 0 Å². The van der Waals surface area contributed by atoms with Crippen LogP contribution in [0.15, 0.2) is 0 Å². The number of amides is 1. The van der Waals surface area contributed by atoms with E-state index in [-0.39, 0.29) is 12.2 Å². The van der Waals surface area contributed by atoms with Gasteiger partial charge in [-0.25, -0.2) is 0 Å². The van der Waals surface area contributed by atoms with Crippen LogP contribution in [-0.2, 0) is 4.79 Å². The van der Waals surface area contributed by atoms with E-state index < -0.39 is 0 Å². The predicted molar refractivity (Wildman–Crippen MR) is 73.2 cm³/mol. The minimum atomic E-state index is 0.0247. The third-order valence-corrected chi connectivity index (χ3v) is 4.73. The van der Waals surface area contributed by atoms with Crippen LogP contribution in [-0.4, -0.2) is 54.1 Å². The summed E-state index contributed by atoms with van der Waals surface area (Å²) in [4.78, 5) is 16.9. The van der Waals surface area contributed by atoms with Gasteiger partial charge < -0.3 is 9.80 Å². The van der Waals surface area contributed by atoms with Gasteiger partial charge in [0.2, 0.25) is 5.91 Å². The smallest absolute Gasteiger partial charge is 0.241 e. The summed E-state index contributed by atoms with van der Waals surface area (Å²) in [6, 6.07) is 0.575. The Labute approximate surface area is 111 Å². The van der Waals surface area contributed by atoms with Crippen LogP contribution in [0.3, 0.4) is 0 Å². The van der Waals surface area contributed by atoms with Gasteiger partial charge in [-0.3, -0.25) is 10.1 Å². The number of likely N-dealkylation sites (tertiary alicyclic amines) is 1. The van der Waals surface area contributed by atoms with Gasteiger partial charge in [0.05, 0.1) is 12.2 Å². The molecule has 0 aromatic rings. The molecular formula is C14H27N3O. The molecular weight excluding hydrogens is 226 g/mol. The maximum absolute atomic E-state index is 12.5. The van der Waals surface area contributed by atoms with Gasteiger partial charge in [0.1, 0.15) is 0 Å². The van der Waals surface area contributed by atoms with Gasteiger partial charge in [0.15, 0.2) is 0 Å². The number of likely N-dealkylation sites (N-methyl/N-ethyl adjacent to an activating group) is 1. The first-order chi connectivity index (χ1) is 8.54. The molecule has 0 aromatic heterocycles. The van der Waals surface area contributed by atoms with Crippen molar-refractivity contribution >= 4 is 5.91 Å². The number of hydrogen-bond acceptors (Lipinski definition) is 3. The molecule has 4 unspecified atom stereocenters. The average molecular weight is 253 g/mol. The van der Waals surface area contributed by atoms with Crippen LogP contribution in [0.2, 0.25) is 0 Å². The lowest BCUT2D eigenvalue weighted by Gasteiger charge is -2.28. The lowest BCUT2D eigenvalue weighted by molar-refractivity contribution is -0.131. The maximum Gasteiger partial charge on any atom is 0.241 e. The molecule has 1 N–H and O–H groups in total. The van der Waals surface area contributed by atoms with Crippen molar-refractivity contribution in [2.24, 2.45) is 5.92 Å². The quantitative estimate of drug-likeness (QED) is 0.819. The SMILES string of the molecule is CCC(C)C1NC(C)N(CC2CCCN2C)C1=O. The normalized spacial score (nSPS) is 35.4. The molecule has 0 saturated carbocycles. The number of hydrogen-bond donors (Lipinski definition) is 1. The second kappa shape index (κ2) is 5.57. The van der Waals surface area contributed by atoms with E-state index in [1.165, 1.54) is 19.4 Å². The van der Waals surface area contributed by atoms with Gasteiger partial charge in [-0.05, 0) is 39.3 Å². The zero-order chi connectivity index (χ0) is 13.3. The highest BCUT2D eigenvalue weighted by Gasteiger charge is 2.40. The highest BCUT2D eigenvalue weighted by atomic mass is 16.2. The zero-order valence-electron chi connectivity index (χ0n) is 12.1. The van der Waals surface area contributed by atoms with E-state index in [0.29, 0.717) is 17.9 Å². The number of nitrogens with zero attached hydrogens (tertiary/aromatic N) is 2. The van der Waals surface area contributed by atoms with Gasteiger partial charge >= 0.3 is 0 Å². The summed E-state index contributed by atoms with van der Waals surface area (Å²) in [6.07, 6.45) is 3.72. The van der Waals surface area contributed by atoms with Crippen LogP contribution >= 0.6 is 0 Å². The van der Waals surface area contributed by atoms with E-state index in [0.717, 1.165) is 13.0 Å². The van der Waals surface area contributed by atoms with Gasteiger partial charge in [0, 0.05) is 12.6 Å². The fourth-order valence-electron chi connectivity index (χ4n) is 3.12. The van der Waals surface area contributed by atoms with E-state index in [4.69, 9.17) is 0 Å². The van der Waals surface area contributed by atoms with Crippen LogP contribution in [0.25, 0.3) is 0 Å². The average Bonchev–Trinajstić information content (AvgIpc) is 2.87. The Balaban J connectivity index is 1.98. The van der Waals surface area contributed by atoms with E-state index in [9.17, 15) is 4.79 Å². The minimum Gasteiger partial charge on any atom is -0.325 e. The molecule has 0 radical (unpaired) electrons. The molecule has 2 aliphatic heterocycles. The molecule has 0 aliphatic carbocycles. The molecule has 2 fully saturated rings. The molecule has 2 saturated heterocycles. The molecule has 2 rings (SSSR count). The molecule has 0 spiro atoms. The Morgan fingerprint density at radius 1 is 1.50 bits per heavy atom.